The summed E-state index contributed by atoms with van der Waals surface area (Å²) >= 11 is 0. The molecule has 0 unspecified atom stereocenters. The van der Waals surface area contributed by atoms with E-state index in [1.165, 1.54) is 32.1 Å². The summed E-state index contributed by atoms with van der Waals surface area (Å²) in [5.74, 6) is 1.37. The van der Waals surface area contributed by atoms with E-state index in [1.807, 2.05) is 0 Å². The monoisotopic (exact) mass is 235 g/mol. The third-order valence-corrected chi connectivity index (χ3v) is 3.82. The van der Waals surface area contributed by atoms with Gasteiger partial charge in [-0.2, -0.15) is 9.97 Å². The Bertz CT molecular complexity index is 364. The Labute approximate surface area is 102 Å². The Morgan fingerprint density at radius 3 is 2.59 bits per heavy atom. The van der Waals surface area contributed by atoms with Crippen molar-refractivity contribution in [3.8, 4) is 0 Å². The van der Waals surface area contributed by atoms with Gasteiger partial charge >= 0.3 is 0 Å². The van der Waals surface area contributed by atoms with Gasteiger partial charge in [-0.1, -0.05) is 19.8 Å². The van der Waals surface area contributed by atoms with Gasteiger partial charge in [0, 0.05) is 12.6 Å². The quantitative estimate of drug-likeness (QED) is 0.743. The molecule has 0 spiro atoms. The van der Waals surface area contributed by atoms with Crippen LogP contribution in [0.2, 0.25) is 0 Å². The van der Waals surface area contributed by atoms with E-state index in [0.29, 0.717) is 11.2 Å². The number of rotatable bonds is 4. The first-order chi connectivity index (χ1) is 8.13. The van der Waals surface area contributed by atoms with Crippen LogP contribution < -0.4 is 16.8 Å². The number of anilines is 3. The molecule has 1 aromatic rings. The van der Waals surface area contributed by atoms with E-state index in [4.69, 9.17) is 11.5 Å². The Balaban J connectivity index is 2.01. The molecule has 1 heterocycles. The second kappa shape index (κ2) is 4.77. The van der Waals surface area contributed by atoms with E-state index < -0.39 is 0 Å². The lowest BCUT2D eigenvalue weighted by molar-refractivity contribution is 0.306. The average Bonchev–Trinajstić information content (AvgIpc) is 2.74. The number of nitrogens with one attached hydrogen (secondary N) is 1. The second-order valence-electron chi connectivity index (χ2n) is 4.95. The SMILES string of the molecule is CCC1(CNc2cc(N)nc(N)n2)CCCC1. The van der Waals surface area contributed by atoms with Gasteiger partial charge in [-0.3, -0.25) is 0 Å². The summed E-state index contributed by atoms with van der Waals surface area (Å²) in [6.07, 6.45) is 6.47. The number of hydrogen-bond donors (Lipinski definition) is 3. The zero-order chi connectivity index (χ0) is 12.3. The Hall–Kier alpha value is -1.52. The molecule has 0 aliphatic heterocycles. The molecule has 1 aromatic heterocycles. The lowest BCUT2D eigenvalue weighted by Crippen LogP contribution is -2.26. The van der Waals surface area contributed by atoms with Gasteiger partial charge in [0.15, 0.2) is 0 Å². The minimum Gasteiger partial charge on any atom is -0.383 e. The van der Waals surface area contributed by atoms with Gasteiger partial charge in [0.1, 0.15) is 11.6 Å². The van der Waals surface area contributed by atoms with Crippen molar-refractivity contribution in [3.05, 3.63) is 6.07 Å². The van der Waals surface area contributed by atoms with Crippen LogP contribution in [0.1, 0.15) is 39.0 Å². The predicted octanol–water partition coefficient (Wildman–Crippen LogP) is 2.02. The molecule has 17 heavy (non-hydrogen) atoms. The average molecular weight is 235 g/mol. The van der Waals surface area contributed by atoms with E-state index in [-0.39, 0.29) is 5.95 Å². The number of nitrogen functional groups attached to an aromatic ring is 2. The van der Waals surface area contributed by atoms with Crippen molar-refractivity contribution in [3.63, 3.8) is 0 Å². The van der Waals surface area contributed by atoms with Crippen LogP contribution in [0.15, 0.2) is 6.07 Å². The topological polar surface area (TPSA) is 89.8 Å². The number of nitrogens with two attached hydrogens (primary N) is 2. The van der Waals surface area contributed by atoms with Crippen molar-refractivity contribution < 1.29 is 0 Å². The van der Waals surface area contributed by atoms with Crippen LogP contribution in [0, 0.1) is 5.41 Å². The standard InChI is InChI=1S/C12H21N5/c1-2-12(5-3-4-6-12)8-15-10-7-9(13)16-11(14)17-10/h7H,2-6,8H2,1H3,(H5,13,14,15,16,17). The lowest BCUT2D eigenvalue weighted by atomic mass is 9.83. The first-order valence-corrected chi connectivity index (χ1v) is 6.27. The molecule has 0 atom stereocenters. The number of hydrogen-bond acceptors (Lipinski definition) is 5. The van der Waals surface area contributed by atoms with Gasteiger partial charge in [0.25, 0.3) is 0 Å². The predicted molar refractivity (Wildman–Crippen MR) is 70.5 cm³/mol. The first-order valence-electron chi connectivity index (χ1n) is 6.27. The van der Waals surface area contributed by atoms with E-state index >= 15 is 0 Å². The lowest BCUT2D eigenvalue weighted by Gasteiger charge is -2.27. The normalized spacial score (nSPS) is 18.2. The van der Waals surface area contributed by atoms with Gasteiger partial charge < -0.3 is 16.8 Å². The molecule has 1 saturated carbocycles. The smallest absolute Gasteiger partial charge is 0.223 e. The number of aromatic nitrogens is 2. The number of nitrogens with zero attached hydrogens (tertiary/aromatic N) is 2. The van der Waals surface area contributed by atoms with Gasteiger partial charge in [-0.25, -0.2) is 0 Å². The maximum atomic E-state index is 5.64. The van der Waals surface area contributed by atoms with Crippen LogP contribution in [0.4, 0.5) is 17.6 Å². The second-order valence-corrected chi connectivity index (χ2v) is 4.95. The van der Waals surface area contributed by atoms with Crippen molar-refractivity contribution in [2.45, 2.75) is 39.0 Å². The first kappa shape index (κ1) is 12.0. The van der Waals surface area contributed by atoms with Crippen molar-refractivity contribution in [2.24, 2.45) is 5.41 Å². The van der Waals surface area contributed by atoms with Crippen molar-refractivity contribution >= 4 is 17.6 Å². The maximum absolute atomic E-state index is 5.64. The molecule has 5 N–H and O–H groups in total. The summed E-state index contributed by atoms with van der Waals surface area (Å²) in [6.45, 7) is 3.20. The third kappa shape index (κ3) is 2.78. The molecule has 0 aromatic carbocycles. The van der Waals surface area contributed by atoms with Crippen molar-refractivity contribution in [1.29, 1.82) is 0 Å². The molecule has 1 aliphatic carbocycles. The van der Waals surface area contributed by atoms with Crippen molar-refractivity contribution in [2.75, 3.05) is 23.3 Å². The molecule has 2 rings (SSSR count). The zero-order valence-electron chi connectivity index (χ0n) is 10.4. The zero-order valence-corrected chi connectivity index (χ0v) is 10.4. The van der Waals surface area contributed by atoms with Crippen LogP contribution in [0.5, 0.6) is 0 Å². The molecular formula is C12H21N5. The highest BCUT2D eigenvalue weighted by Crippen LogP contribution is 2.40. The summed E-state index contributed by atoms with van der Waals surface area (Å²) in [5, 5.41) is 3.35. The summed E-state index contributed by atoms with van der Waals surface area (Å²) in [6, 6.07) is 1.73. The molecule has 0 saturated heterocycles. The molecule has 5 heteroatoms. The van der Waals surface area contributed by atoms with E-state index in [9.17, 15) is 0 Å². The van der Waals surface area contributed by atoms with Crippen LogP contribution in [0.3, 0.4) is 0 Å². The highest BCUT2D eigenvalue weighted by molar-refractivity contribution is 5.48. The summed E-state index contributed by atoms with van der Waals surface area (Å²) in [5.41, 5.74) is 11.6. The van der Waals surface area contributed by atoms with Crippen molar-refractivity contribution in [1.82, 2.24) is 9.97 Å². The van der Waals surface area contributed by atoms with Crippen LogP contribution in [0.25, 0.3) is 0 Å². The molecule has 0 amide bonds. The Morgan fingerprint density at radius 2 is 2.00 bits per heavy atom. The molecule has 5 nitrogen and oxygen atoms in total. The van der Waals surface area contributed by atoms with Gasteiger partial charge in [0.2, 0.25) is 5.95 Å². The maximum Gasteiger partial charge on any atom is 0.223 e. The highest BCUT2D eigenvalue weighted by atomic mass is 15.1. The van der Waals surface area contributed by atoms with Crippen LogP contribution >= 0.6 is 0 Å². The Kier molecular flexibility index (Phi) is 3.36. The van der Waals surface area contributed by atoms with E-state index in [1.54, 1.807) is 6.07 Å². The molecule has 1 aliphatic rings. The summed E-state index contributed by atoms with van der Waals surface area (Å²) < 4.78 is 0. The van der Waals surface area contributed by atoms with E-state index in [0.717, 1.165) is 12.4 Å². The minimum atomic E-state index is 0.226. The van der Waals surface area contributed by atoms with Gasteiger partial charge in [-0.15, -0.1) is 0 Å². The van der Waals surface area contributed by atoms with E-state index in [2.05, 4.69) is 22.2 Å². The van der Waals surface area contributed by atoms with Crippen LogP contribution in [-0.4, -0.2) is 16.5 Å². The molecule has 0 bridgehead atoms. The fourth-order valence-electron chi connectivity index (χ4n) is 2.63. The Morgan fingerprint density at radius 1 is 1.29 bits per heavy atom. The molecule has 1 fully saturated rings. The summed E-state index contributed by atoms with van der Waals surface area (Å²) in [4.78, 5) is 7.99. The van der Waals surface area contributed by atoms with Gasteiger partial charge in [0.05, 0.1) is 0 Å². The minimum absolute atomic E-state index is 0.226. The highest BCUT2D eigenvalue weighted by Gasteiger charge is 2.31. The van der Waals surface area contributed by atoms with Crippen LogP contribution in [-0.2, 0) is 0 Å². The van der Waals surface area contributed by atoms with Gasteiger partial charge in [-0.05, 0) is 24.7 Å². The molecular weight excluding hydrogens is 214 g/mol. The fraction of sp³-hybridized carbons (Fsp3) is 0.667. The summed E-state index contributed by atoms with van der Waals surface area (Å²) in [7, 11) is 0. The molecule has 0 radical (unpaired) electrons. The third-order valence-electron chi connectivity index (χ3n) is 3.82. The molecule has 94 valence electrons. The largest absolute Gasteiger partial charge is 0.383 e. The fourth-order valence-corrected chi connectivity index (χ4v) is 2.63.